The summed E-state index contributed by atoms with van der Waals surface area (Å²) in [5.74, 6) is -0.341. The predicted molar refractivity (Wildman–Crippen MR) is 95.9 cm³/mol. The summed E-state index contributed by atoms with van der Waals surface area (Å²) in [4.78, 5) is 12.1. The molecular weight excluding hydrogens is 314 g/mol. The van der Waals surface area contributed by atoms with Gasteiger partial charge < -0.3 is 9.30 Å². The van der Waals surface area contributed by atoms with Crippen molar-refractivity contribution in [1.82, 2.24) is 14.3 Å². The van der Waals surface area contributed by atoms with Gasteiger partial charge in [0, 0.05) is 17.8 Å². The fraction of sp³-hybridized carbons (Fsp3) is 0.100. The fourth-order valence-electron chi connectivity index (χ4n) is 3.00. The summed E-state index contributed by atoms with van der Waals surface area (Å²) in [7, 11) is 1.40. The molecule has 5 heteroatoms. The van der Waals surface area contributed by atoms with E-state index in [9.17, 15) is 4.79 Å². The van der Waals surface area contributed by atoms with Gasteiger partial charge in [-0.25, -0.2) is 4.79 Å². The van der Waals surface area contributed by atoms with E-state index in [-0.39, 0.29) is 5.97 Å². The number of methoxy groups -OCH3 is 1. The monoisotopic (exact) mass is 331 g/mol. The molecule has 2 aromatic carbocycles. The van der Waals surface area contributed by atoms with E-state index in [2.05, 4.69) is 17.2 Å². The first-order valence-corrected chi connectivity index (χ1v) is 8.01. The summed E-state index contributed by atoms with van der Waals surface area (Å²) in [6.45, 7) is 0.698. The van der Waals surface area contributed by atoms with Crippen LogP contribution in [0.25, 0.3) is 16.6 Å². The van der Waals surface area contributed by atoms with Gasteiger partial charge in [-0.3, -0.25) is 4.68 Å². The molecule has 25 heavy (non-hydrogen) atoms. The molecule has 0 saturated heterocycles. The molecule has 0 fully saturated rings. The lowest BCUT2D eigenvalue weighted by Crippen LogP contribution is -2.00. The Morgan fingerprint density at radius 2 is 1.80 bits per heavy atom. The third-order valence-corrected chi connectivity index (χ3v) is 4.20. The molecule has 0 aliphatic carbocycles. The van der Waals surface area contributed by atoms with Crippen LogP contribution in [0.5, 0.6) is 0 Å². The van der Waals surface area contributed by atoms with Crippen molar-refractivity contribution in [2.24, 2.45) is 0 Å². The van der Waals surface area contributed by atoms with Gasteiger partial charge in [0.25, 0.3) is 0 Å². The van der Waals surface area contributed by atoms with E-state index < -0.39 is 0 Å². The lowest BCUT2D eigenvalue weighted by atomic mass is 10.2. The molecule has 2 aromatic heterocycles. The standard InChI is InChI=1S/C20H17N3O2/c1-25-20(24)18-14-23(19-10-6-5-9-17(18)19)16-11-21-22(13-16)12-15-7-3-2-4-8-15/h2-11,13-14H,12H2,1H3. The Balaban J connectivity index is 1.74. The van der Waals surface area contributed by atoms with E-state index in [1.165, 1.54) is 12.7 Å². The van der Waals surface area contributed by atoms with Crippen LogP contribution in [0.2, 0.25) is 0 Å². The van der Waals surface area contributed by atoms with Gasteiger partial charge in [0.1, 0.15) is 0 Å². The molecule has 0 aliphatic rings. The van der Waals surface area contributed by atoms with Crippen LogP contribution in [0.3, 0.4) is 0 Å². The Hall–Kier alpha value is -3.34. The van der Waals surface area contributed by atoms with E-state index >= 15 is 0 Å². The summed E-state index contributed by atoms with van der Waals surface area (Å²) >= 11 is 0. The highest BCUT2D eigenvalue weighted by Gasteiger charge is 2.16. The van der Waals surface area contributed by atoms with Crippen molar-refractivity contribution in [3.05, 3.63) is 84.3 Å². The summed E-state index contributed by atoms with van der Waals surface area (Å²) in [5, 5.41) is 5.31. The van der Waals surface area contributed by atoms with E-state index in [1.54, 1.807) is 12.4 Å². The number of ether oxygens (including phenoxy) is 1. The smallest absolute Gasteiger partial charge is 0.340 e. The molecule has 5 nitrogen and oxygen atoms in total. The third kappa shape index (κ3) is 2.80. The highest BCUT2D eigenvalue weighted by Crippen LogP contribution is 2.25. The SMILES string of the molecule is COC(=O)c1cn(-c2cnn(Cc3ccccc3)c2)c2ccccc12. The number of carbonyl (C=O) groups excluding carboxylic acids is 1. The number of hydrogen-bond acceptors (Lipinski definition) is 3. The van der Waals surface area contributed by atoms with Crippen LogP contribution in [-0.2, 0) is 11.3 Å². The van der Waals surface area contributed by atoms with Crippen LogP contribution >= 0.6 is 0 Å². The highest BCUT2D eigenvalue weighted by molar-refractivity contribution is 6.04. The number of esters is 1. The Kier molecular flexibility index (Phi) is 3.82. The second kappa shape index (κ2) is 6.28. The van der Waals surface area contributed by atoms with Gasteiger partial charge in [-0.2, -0.15) is 5.10 Å². The van der Waals surface area contributed by atoms with Crippen LogP contribution in [0.15, 0.2) is 73.2 Å². The molecule has 0 N–H and O–H groups in total. The Bertz CT molecular complexity index is 1030. The average Bonchev–Trinajstić information content (AvgIpc) is 3.26. The van der Waals surface area contributed by atoms with Crippen LogP contribution in [0.4, 0.5) is 0 Å². The normalized spacial score (nSPS) is 10.9. The largest absolute Gasteiger partial charge is 0.465 e. The van der Waals surface area contributed by atoms with E-state index in [0.29, 0.717) is 12.1 Å². The second-order valence-electron chi connectivity index (χ2n) is 5.80. The van der Waals surface area contributed by atoms with Crippen LogP contribution in [0.1, 0.15) is 15.9 Å². The molecule has 4 aromatic rings. The van der Waals surface area contributed by atoms with Crippen molar-refractivity contribution in [2.75, 3.05) is 7.11 Å². The van der Waals surface area contributed by atoms with E-state index in [1.807, 2.05) is 57.9 Å². The zero-order valence-corrected chi connectivity index (χ0v) is 13.8. The average molecular weight is 331 g/mol. The maximum absolute atomic E-state index is 12.1. The minimum Gasteiger partial charge on any atom is -0.465 e. The Morgan fingerprint density at radius 1 is 1.04 bits per heavy atom. The lowest BCUT2D eigenvalue weighted by molar-refractivity contribution is 0.0603. The second-order valence-corrected chi connectivity index (χ2v) is 5.80. The Labute approximate surface area is 145 Å². The maximum Gasteiger partial charge on any atom is 0.340 e. The van der Waals surface area contributed by atoms with Crippen LogP contribution in [-0.4, -0.2) is 27.4 Å². The molecule has 124 valence electrons. The van der Waals surface area contributed by atoms with Crippen molar-refractivity contribution in [2.45, 2.75) is 6.54 Å². The van der Waals surface area contributed by atoms with Crippen molar-refractivity contribution >= 4 is 16.9 Å². The minimum absolute atomic E-state index is 0.341. The van der Waals surface area contributed by atoms with Crippen molar-refractivity contribution in [1.29, 1.82) is 0 Å². The molecule has 0 atom stereocenters. The van der Waals surface area contributed by atoms with Gasteiger partial charge in [-0.05, 0) is 11.6 Å². The van der Waals surface area contributed by atoms with Crippen LogP contribution in [0, 0.1) is 0 Å². The molecule has 4 rings (SSSR count). The molecule has 0 aliphatic heterocycles. The topological polar surface area (TPSA) is 49.1 Å². The number of rotatable bonds is 4. The van der Waals surface area contributed by atoms with Gasteiger partial charge >= 0.3 is 5.97 Å². The molecule has 2 heterocycles. The third-order valence-electron chi connectivity index (χ3n) is 4.20. The van der Waals surface area contributed by atoms with Gasteiger partial charge in [-0.1, -0.05) is 48.5 Å². The first kappa shape index (κ1) is 15.2. The molecule has 0 amide bonds. The molecule has 0 unspecified atom stereocenters. The number of benzene rings is 2. The molecule has 0 radical (unpaired) electrons. The number of aromatic nitrogens is 3. The zero-order valence-electron chi connectivity index (χ0n) is 13.8. The lowest BCUT2D eigenvalue weighted by Gasteiger charge is -2.02. The molecule has 0 spiro atoms. The maximum atomic E-state index is 12.1. The zero-order chi connectivity index (χ0) is 17.2. The first-order valence-electron chi connectivity index (χ1n) is 8.01. The number of para-hydroxylation sites is 1. The minimum atomic E-state index is -0.341. The van der Waals surface area contributed by atoms with Gasteiger partial charge in [0.2, 0.25) is 0 Å². The molecule has 0 saturated carbocycles. The van der Waals surface area contributed by atoms with Gasteiger partial charge in [0.05, 0.1) is 36.6 Å². The Morgan fingerprint density at radius 3 is 2.60 bits per heavy atom. The van der Waals surface area contributed by atoms with E-state index in [4.69, 9.17) is 4.74 Å². The number of fused-ring (bicyclic) bond motifs is 1. The van der Waals surface area contributed by atoms with Gasteiger partial charge in [0.15, 0.2) is 0 Å². The number of hydrogen-bond donors (Lipinski definition) is 0. The van der Waals surface area contributed by atoms with Crippen molar-refractivity contribution in [3.8, 4) is 5.69 Å². The number of nitrogens with zero attached hydrogens (tertiary/aromatic N) is 3. The van der Waals surface area contributed by atoms with Crippen molar-refractivity contribution < 1.29 is 9.53 Å². The highest BCUT2D eigenvalue weighted by atomic mass is 16.5. The van der Waals surface area contributed by atoms with E-state index in [0.717, 1.165) is 16.6 Å². The fourth-order valence-corrected chi connectivity index (χ4v) is 3.00. The molecular formula is C20H17N3O2. The quantitative estimate of drug-likeness (QED) is 0.536. The molecule has 0 bridgehead atoms. The summed E-state index contributed by atoms with van der Waals surface area (Å²) < 4.78 is 8.76. The summed E-state index contributed by atoms with van der Waals surface area (Å²) in [5.41, 5.74) is 3.59. The predicted octanol–water partition coefficient (Wildman–Crippen LogP) is 3.66. The van der Waals surface area contributed by atoms with Crippen LogP contribution < -0.4 is 0 Å². The van der Waals surface area contributed by atoms with Crippen molar-refractivity contribution in [3.63, 3.8) is 0 Å². The summed E-state index contributed by atoms with van der Waals surface area (Å²) in [6.07, 6.45) is 5.58. The first-order chi connectivity index (χ1) is 12.3. The van der Waals surface area contributed by atoms with Gasteiger partial charge in [-0.15, -0.1) is 0 Å². The number of carbonyl (C=O) groups is 1. The summed E-state index contributed by atoms with van der Waals surface area (Å²) in [6, 6.07) is 17.9.